The predicted molar refractivity (Wildman–Crippen MR) is 67.4 cm³/mol. The van der Waals surface area contributed by atoms with Crippen molar-refractivity contribution in [3.05, 3.63) is 0 Å². The number of carbonyl (C=O) groups is 3. The second-order valence-corrected chi connectivity index (χ2v) is 4.90. The molecule has 0 aliphatic heterocycles. The smallest absolute Gasteiger partial charge is 0.550 e. The Labute approximate surface area is 157 Å². The Morgan fingerprint density at radius 2 is 1.04 bits per heavy atom. The first kappa shape index (κ1) is 29.4. The summed E-state index contributed by atoms with van der Waals surface area (Å²) in [6.45, 7) is -1.45. The number of aliphatic hydroxyl groups excluding tert-OH is 6. The van der Waals surface area contributed by atoms with Crippen LogP contribution in [0, 0.1) is 0 Å². The number of aliphatic hydroxyl groups is 7. The number of hydrogen-bond acceptors (Lipinski definition) is 13. The van der Waals surface area contributed by atoms with Crippen LogP contribution in [-0.2, 0) is 31.5 Å². The van der Waals surface area contributed by atoms with E-state index in [0.717, 1.165) is 0 Å². The van der Waals surface area contributed by atoms with Crippen molar-refractivity contribution in [1.82, 2.24) is 0 Å². The van der Waals surface area contributed by atoms with Gasteiger partial charge in [-0.05, 0) is 0 Å². The molecule has 0 aromatic heterocycles. The molecular formula is C12H19FeO13. The molecular weight excluding hydrogens is 408 g/mol. The molecule has 1 radical (unpaired) electrons. The summed E-state index contributed by atoms with van der Waals surface area (Å²) >= 11 is 0. The standard InChI is InChI=1S/C6H8O7.C6H14O6.Fe/c7-3(8)1-6(13,5(11)12)2-4(9)10;7-1-3(9)5(11)6(12)4(10)2-8;/h13H,1-2H2,(H,7,8)(H,9,10)(H,11,12);3-12H,1-2H2;/q;;+3/p-3/t;3-,4+,5-,6-;/m.1./s1. The number of hydrogen-bond donors (Lipinski definition) is 7. The number of rotatable bonds is 10. The van der Waals surface area contributed by atoms with Crippen LogP contribution in [0.15, 0.2) is 0 Å². The van der Waals surface area contributed by atoms with E-state index in [1.165, 1.54) is 0 Å². The first-order valence-corrected chi connectivity index (χ1v) is 6.59. The van der Waals surface area contributed by atoms with Crippen LogP contribution in [0.1, 0.15) is 12.8 Å². The van der Waals surface area contributed by atoms with Gasteiger partial charge in [-0.2, -0.15) is 0 Å². The Morgan fingerprint density at radius 3 is 1.19 bits per heavy atom. The van der Waals surface area contributed by atoms with E-state index in [1.54, 1.807) is 0 Å². The van der Waals surface area contributed by atoms with Gasteiger partial charge in [-0.15, -0.1) is 0 Å². The van der Waals surface area contributed by atoms with Crippen LogP contribution in [0.4, 0.5) is 0 Å². The molecule has 0 aliphatic rings. The zero-order valence-corrected chi connectivity index (χ0v) is 14.2. The van der Waals surface area contributed by atoms with Crippen LogP contribution >= 0.6 is 0 Å². The summed E-state index contributed by atoms with van der Waals surface area (Å²) in [6.07, 6.45) is -9.11. The van der Waals surface area contributed by atoms with Gasteiger partial charge in [-0.3, -0.25) is 0 Å². The van der Waals surface area contributed by atoms with Gasteiger partial charge in [0.2, 0.25) is 0 Å². The fraction of sp³-hybridized carbons (Fsp3) is 0.750. The fourth-order valence-corrected chi connectivity index (χ4v) is 1.36. The van der Waals surface area contributed by atoms with E-state index in [9.17, 15) is 29.7 Å². The van der Waals surface area contributed by atoms with Crippen LogP contribution in [0.3, 0.4) is 0 Å². The first-order valence-electron chi connectivity index (χ1n) is 6.59. The van der Waals surface area contributed by atoms with E-state index in [1.807, 2.05) is 0 Å². The third kappa shape index (κ3) is 11.3. The van der Waals surface area contributed by atoms with Crippen LogP contribution in [0.25, 0.3) is 0 Å². The van der Waals surface area contributed by atoms with E-state index in [4.69, 9.17) is 35.7 Å². The Bertz CT molecular complexity index is 413. The van der Waals surface area contributed by atoms with Crippen molar-refractivity contribution in [1.29, 1.82) is 0 Å². The zero-order chi connectivity index (χ0) is 20.4. The van der Waals surface area contributed by atoms with Crippen molar-refractivity contribution in [3.63, 3.8) is 0 Å². The summed E-state index contributed by atoms with van der Waals surface area (Å²) in [5.41, 5.74) is -2.97. The van der Waals surface area contributed by atoms with Crippen molar-refractivity contribution in [2.75, 3.05) is 13.2 Å². The van der Waals surface area contributed by atoms with Crippen molar-refractivity contribution < 1.29 is 82.5 Å². The van der Waals surface area contributed by atoms with Crippen molar-refractivity contribution in [2.24, 2.45) is 0 Å². The fourth-order valence-electron chi connectivity index (χ4n) is 1.36. The van der Waals surface area contributed by atoms with Crippen LogP contribution < -0.4 is 15.3 Å². The van der Waals surface area contributed by atoms with Gasteiger partial charge < -0.3 is 65.4 Å². The third-order valence-corrected chi connectivity index (χ3v) is 2.77. The number of carboxylic acids is 3. The minimum absolute atomic E-state index is 0. The Morgan fingerprint density at radius 1 is 0.769 bits per heavy atom. The summed E-state index contributed by atoms with van der Waals surface area (Å²) in [6, 6.07) is 0. The minimum Gasteiger partial charge on any atom is -0.550 e. The summed E-state index contributed by atoms with van der Waals surface area (Å²) in [5.74, 6) is -5.98. The molecule has 4 atom stereocenters. The van der Waals surface area contributed by atoms with Crippen molar-refractivity contribution in [3.8, 4) is 0 Å². The number of carbonyl (C=O) groups excluding carboxylic acids is 3. The van der Waals surface area contributed by atoms with Gasteiger partial charge in [0, 0.05) is 24.8 Å². The maximum Gasteiger partial charge on any atom is 3.00 e. The molecule has 0 aliphatic carbocycles. The Hall–Kier alpha value is -1.35. The molecule has 0 amide bonds. The van der Waals surface area contributed by atoms with Gasteiger partial charge in [0.15, 0.2) is 0 Å². The molecule has 0 fully saturated rings. The zero-order valence-electron chi connectivity index (χ0n) is 13.1. The van der Waals surface area contributed by atoms with E-state index in [0.29, 0.717) is 0 Å². The molecule has 0 saturated heterocycles. The number of aliphatic carboxylic acids is 3. The molecule has 0 saturated carbocycles. The normalized spacial score (nSPS) is 15.3. The van der Waals surface area contributed by atoms with E-state index >= 15 is 0 Å². The first-order chi connectivity index (χ1) is 11.3. The summed E-state index contributed by atoms with van der Waals surface area (Å²) in [5, 5.41) is 91.1. The van der Waals surface area contributed by atoms with E-state index < -0.39 is 74.0 Å². The monoisotopic (exact) mass is 427 g/mol. The van der Waals surface area contributed by atoms with Crippen LogP contribution in [-0.4, -0.2) is 96.9 Å². The van der Waals surface area contributed by atoms with Crippen molar-refractivity contribution >= 4 is 17.9 Å². The molecule has 0 aromatic rings. The van der Waals surface area contributed by atoms with E-state index in [2.05, 4.69) is 0 Å². The molecule has 14 heteroatoms. The average Bonchev–Trinajstić information content (AvgIpc) is 2.50. The van der Waals surface area contributed by atoms with Gasteiger partial charge in [0.25, 0.3) is 0 Å². The Kier molecular flexibility index (Phi) is 15.6. The molecule has 0 rings (SSSR count). The minimum atomic E-state index is -2.97. The summed E-state index contributed by atoms with van der Waals surface area (Å²) in [4.78, 5) is 30.0. The van der Waals surface area contributed by atoms with Crippen molar-refractivity contribution in [2.45, 2.75) is 42.9 Å². The summed E-state index contributed by atoms with van der Waals surface area (Å²) < 4.78 is 0. The maximum atomic E-state index is 10.1. The molecule has 0 spiro atoms. The average molecular weight is 427 g/mol. The van der Waals surface area contributed by atoms with Gasteiger partial charge in [0.05, 0.1) is 19.2 Å². The second kappa shape index (κ2) is 13.8. The second-order valence-electron chi connectivity index (χ2n) is 4.90. The molecule has 0 bridgehead atoms. The third-order valence-electron chi connectivity index (χ3n) is 2.77. The SMILES string of the molecule is O=C([O-])CC(O)(CC(=O)[O-])C(=O)[O-].OC[C@@H](O)[C@@H](O)[C@H](O)[C@@H](O)CO.[Fe+3]. The topological polar surface area (TPSA) is 262 Å². The predicted octanol–water partition coefficient (Wildman–Crippen LogP) is -8.84. The molecule has 0 aromatic carbocycles. The molecule has 0 heterocycles. The van der Waals surface area contributed by atoms with Gasteiger partial charge in [0.1, 0.15) is 30.0 Å². The summed E-state index contributed by atoms with van der Waals surface area (Å²) in [7, 11) is 0. The Balaban J connectivity index is -0.000000393. The van der Waals surface area contributed by atoms with Crippen LogP contribution in [0.2, 0.25) is 0 Å². The van der Waals surface area contributed by atoms with E-state index in [-0.39, 0.29) is 17.1 Å². The molecule has 153 valence electrons. The van der Waals surface area contributed by atoms with Gasteiger partial charge >= 0.3 is 17.1 Å². The van der Waals surface area contributed by atoms with Gasteiger partial charge in [-0.1, -0.05) is 0 Å². The molecule has 13 nitrogen and oxygen atoms in total. The number of carboxylic acid groups (broad SMARTS) is 3. The largest absolute Gasteiger partial charge is 3.00 e. The molecule has 7 N–H and O–H groups in total. The molecule has 0 unspecified atom stereocenters. The van der Waals surface area contributed by atoms with Crippen LogP contribution in [0.5, 0.6) is 0 Å². The maximum absolute atomic E-state index is 10.1. The molecule has 26 heavy (non-hydrogen) atoms. The van der Waals surface area contributed by atoms with Gasteiger partial charge in [-0.25, -0.2) is 0 Å². The quantitative estimate of drug-likeness (QED) is 0.160.